The summed E-state index contributed by atoms with van der Waals surface area (Å²) in [5.74, 6) is 0.292. The molecule has 0 saturated carbocycles. The predicted molar refractivity (Wildman–Crippen MR) is 61.5 cm³/mol. The topological polar surface area (TPSA) is 12.0 Å². The molecule has 1 aromatic rings. The summed E-state index contributed by atoms with van der Waals surface area (Å²) in [6.45, 7) is 3.89. The molecule has 1 atom stereocenters. The van der Waals surface area contributed by atoms with Crippen molar-refractivity contribution in [1.29, 1.82) is 0 Å². The quantitative estimate of drug-likeness (QED) is 0.769. The second-order valence-electron chi connectivity index (χ2n) is 3.49. The van der Waals surface area contributed by atoms with Crippen LogP contribution in [-0.2, 0) is 6.54 Å². The summed E-state index contributed by atoms with van der Waals surface area (Å²) in [4.78, 5) is 0. The number of halogens is 3. The first-order chi connectivity index (χ1) is 6.18. The minimum atomic E-state index is -0.165. The van der Waals surface area contributed by atoms with E-state index in [1.165, 1.54) is 5.56 Å². The van der Waals surface area contributed by atoms with Gasteiger partial charge in [-0.05, 0) is 29.2 Å². The SMILES string of the molecule is CC1CNCc2cc(F)cc(Br)c21.Cl. The van der Waals surface area contributed by atoms with Gasteiger partial charge in [-0.3, -0.25) is 0 Å². The highest BCUT2D eigenvalue weighted by atomic mass is 79.9. The fourth-order valence-electron chi connectivity index (χ4n) is 1.86. The van der Waals surface area contributed by atoms with Gasteiger partial charge in [-0.15, -0.1) is 12.4 Å². The van der Waals surface area contributed by atoms with Crippen LogP contribution in [0.2, 0.25) is 0 Å². The van der Waals surface area contributed by atoms with Crippen molar-refractivity contribution in [1.82, 2.24) is 5.32 Å². The van der Waals surface area contributed by atoms with E-state index < -0.39 is 0 Å². The van der Waals surface area contributed by atoms with Crippen molar-refractivity contribution >= 4 is 28.3 Å². The van der Waals surface area contributed by atoms with Crippen LogP contribution >= 0.6 is 28.3 Å². The van der Waals surface area contributed by atoms with Gasteiger partial charge in [-0.2, -0.15) is 0 Å². The molecule has 0 fully saturated rings. The van der Waals surface area contributed by atoms with Crippen LogP contribution in [0.3, 0.4) is 0 Å². The molecule has 0 aromatic heterocycles. The monoisotopic (exact) mass is 279 g/mol. The Morgan fingerprint density at radius 3 is 2.93 bits per heavy atom. The van der Waals surface area contributed by atoms with Crippen molar-refractivity contribution in [2.24, 2.45) is 0 Å². The third-order valence-electron chi connectivity index (χ3n) is 2.44. The number of fused-ring (bicyclic) bond motifs is 1. The second-order valence-corrected chi connectivity index (χ2v) is 4.35. The third kappa shape index (κ3) is 2.10. The lowest BCUT2D eigenvalue weighted by Gasteiger charge is -2.24. The van der Waals surface area contributed by atoms with Gasteiger partial charge in [0.05, 0.1) is 0 Å². The van der Waals surface area contributed by atoms with Gasteiger partial charge in [0.15, 0.2) is 0 Å². The van der Waals surface area contributed by atoms with E-state index in [2.05, 4.69) is 28.2 Å². The summed E-state index contributed by atoms with van der Waals surface area (Å²) in [6, 6.07) is 3.16. The summed E-state index contributed by atoms with van der Waals surface area (Å²) < 4.78 is 13.9. The predicted octanol–water partition coefficient (Wildman–Crippen LogP) is 3.22. The normalized spacial score (nSPS) is 19.8. The van der Waals surface area contributed by atoms with Crippen LogP contribution in [0, 0.1) is 5.82 Å². The number of benzene rings is 1. The molecule has 1 heterocycles. The van der Waals surface area contributed by atoms with Crippen LogP contribution in [0.15, 0.2) is 16.6 Å². The molecular formula is C10H12BrClFN. The highest BCUT2D eigenvalue weighted by molar-refractivity contribution is 9.10. The maximum atomic E-state index is 13.0. The Morgan fingerprint density at radius 1 is 1.50 bits per heavy atom. The Labute approximate surface area is 97.6 Å². The summed E-state index contributed by atoms with van der Waals surface area (Å²) in [5, 5.41) is 3.26. The van der Waals surface area contributed by atoms with Gasteiger partial charge in [-0.25, -0.2) is 4.39 Å². The molecule has 1 aromatic carbocycles. The molecule has 2 rings (SSSR count). The van der Waals surface area contributed by atoms with Crippen LogP contribution in [0.4, 0.5) is 4.39 Å². The molecule has 1 aliphatic rings. The number of rotatable bonds is 0. The Hall–Kier alpha value is -0.120. The molecule has 0 saturated heterocycles. The molecule has 1 unspecified atom stereocenters. The smallest absolute Gasteiger partial charge is 0.124 e. The third-order valence-corrected chi connectivity index (χ3v) is 3.09. The van der Waals surface area contributed by atoms with Gasteiger partial charge in [0.1, 0.15) is 5.82 Å². The minimum Gasteiger partial charge on any atom is -0.312 e. The maximum Gasteiger partial charge on any atom is 0.124 e. The second kappa shape index (κ2) is 4.60. The molecule has 0 amide bonds. The Balaban J connectivity index is 0.000000980. The van der Waals surface area contributed by atoms with Gasteiger partial charge in [0, 0.05) is 17.6 Å². The summed E-state index contributed by atoms with van der Waals surface area (Å²) in [7, 11) is 0. The van der Waals surface area contributed by atoms with Crippen LogP contribution < -0.4 is 5.32 Å². The van der Waals surface area contributed by atoms with Crippen molar-refractivity contribution < 1.29 is 4.39 Å². The number of hydrogen-bond acceptors (Lipinski definition) is 1. The minimum absolute atomic E-state index is 0. The lowest BCUT2D eigenvalue weighted by atomic mass is 9.92. The van der Waals surface area contributed by atoms with Gasteiger partial charge in [0.25, 0.3) is 0 Å². The fourth-order valence-corrected chi connectivity index (χ4v) is 2.73. The van der Waals surface area contributed by atoms with Crippen LogP contribution in [0.5, 0.6) is 0 Å². The van der Waals surface area contributed by atoms with Crippen molar-refractivity contribution in [2.75, 3.05) is 6.54 Å². The molecular weight excluding hydrogens is 268 g/mol. The van der Waals surface area contributed by atoms with Crippen molar-refractivity contribution in [3.8, 4) is 0 Å². The first-order valence-corrected chi connectivity index (χ1v) is 5.16. The van der Waals surface area contributed by atoms with Gasteiger partial charge < -0.3 is 5.32 Å². The maximum absolute atomic E-state index is 13.0. The largest absolute Gasteiger partial charge is 0.312 e. The standard InChI is InChI=1S/C10H11BrFN.ClH/c1-6-4-13-5-7-2-8(12)3-9(11)10(6)7;/h2-3,6,13H,4-5H2,1H3;1H. The van der Waals surface area contributed by atoms with Gasteiger partial charge in [0.2, 0.25) is 0 Å². The van der Waals surface area contributed by atoms with Crippen LogP contribution in [-0.4, -0.2) is 6.54 Å². The fraction of sp³-hybridized carbons (Fsp3) is 0.400. The van der Waals surface area contributed by atoms with E-state index in [9.17, 15) is 4.39 Å². The van der Waals surface area contributed by atoms with E-state index in [0.29, 0.717) is 5.92 Å². The van der Waals surface area contributed by atoms with Crippen molar-refractivity contribution in [2.45, 2.75) is 19.4 Å². The lowest BCUT2D eigenvalue weighted by Crippen LogP contribution is -2.27. The van der Waals surface area contributed by atoms with Crippen molar-refractivity contribution in [3.05, 3.63) is 33.5 Å². The first kappa shape index (κ1) is 12.0. The molecule has 0 bridgehead atoms. The number of hydrogen-bond donors (Lipinski definition) is 1. The van der Waals surface area contributed by atoms with Crippen LogP contribution in [0.1, 0.15) is 24.0 Å². The van der Waals surface area contributed by atoms with E-state index in [4.69, 9.17) is 0 Å². The summed E-state index contributed by atoms with van der Waals surface area (Å²) in [5.41, 5.74) is 2.32. The highest BCUT2D eigenvalue weighted by Crippen LogP contribution is 2.31. The molecule has 1 N–H and O–H groups in total. The molecule has 0 radical (unpaired) electrons. The van der Waals surface area contributed by atoms with Gasteiger partial charge >= 0.3 is 0 Å². The zero-order chi connectivity index (χ0) is 9.42. The zero-order valence-electron chi connectivity index (χ0n) is 7.81. The summed E-state index contributed by atoms with van der Waals surface area (Å²) >= 11 is 3.41. The molecule has 1 aliphatic heterocycles. The summed E-state index contributed by atoms with van der Waals surface area (Å²) in [6.07, 6.45) is 0. The molecule has 0 aliphatic carbocycles. The average molecular weight is 281 g/mol. The van der Waals surface area contributed by atoms with E-state index >= 15 is 0 Å². The highest BCUT2D eigenvalue weighted by Gasteiger charge is 2.19. The Kier molecular flexibility index (Phi) is 3.93. The average Bonchev–Trinajstić information content (AvgIpc) is 2.02. The molecule has 78 valence electrons. The van der Waals surface area contributed by atoms with E-state index in [1.54, 1.807) is 12.1 Å². The Morgan fingerprint density at radius 2 is 2.21 bits per heavy atom. The van der Waals surface area contributed by atoms with Crippen LogP contribution in [0.25, 0.3) is 0 Å². The van der Waals surface area contributed by atoms with Gasteiger partial charge in [-0.1, -0.05) is 22.9 Å². The molecule has 0 spiro atoms. The molecule has 4 heteroatoms. The number of nitrogens with one attached hydrogen (secondary N) is 1. The van der Waals surface area contributed by atoms with E-state index in [1.807, 2.05) is 0 Å². The lowest BCUT2D eigenvalue weighted by molar-refractivity contribution is 0.557. The molecule has 1 nitrogen and oxygen atoms in total. The van der Waals surface area contributed by atoms with E-state index in [0.717, 1.165) is 23.1 Å². The molecule has 14 heavy (non-hydrogen) atoms. The van der Waals surface area contributed by atoms with Crippen molar-refractivity contribution in [3.63, 3.8) is 0 Å². The Bertz CT molecular complexity index is 343. The van der Waals surface area contributed by atoms with E-state index in [-0.39, 0.29) is 18.2 Å². The first-order valence-electron chi connectivity index (χ1n) is 4.37. The zero-order valence-corrected chi connectivity index (χ0v) is 10.2.